The largest absolute Gasteiger partial charge is 0.359 e. The van der Waals surface area contributed by atoms with Crippen LogP contribution in [0.1, 0.15) is 38.7 Å². The zero-order valence-electron chi connectivity index (χ0n) is 12.5. The van der Waals surface area contributed by atoms with Crippen molar-refractivity contribution in [3.05, 3.63) is 23.9 Å². The summed E-state index contributed by atoms with van der Waals surface area (Å²) in [4.78, 5) is 6.90. The van der Waals surface area contributed by atoms with Crippen LogP contribution in [0.2, 0.25) is 0 Å². The van der Waals surface area contributed by atoms with Crippen LogP contribution in [0.3, 0.4) is 0 Å². The van der Waals surface area contributed by atoms with Crippen LogP contribution < -0.4 is 10.2 Å². The molecule has 19 heavy (non-hydrogen) atoms. The van der Waals surface area contributed by atoms with Gasteiger partial charge < -0.3 is 10.2 Å². The summed E-state index contributed by atoms with van der Waals surface area (Å²) in [5.74, 6) is 2.71. The molecule has 0 radical (unpaired) electrons. The Morgan fingerprint density at radius 2 is 2.21 bits per heavy atom. The molecule has 0 aliphatic heterocycles. The van der Waals surface area contributed by atoms with Crippen molar-refractivity contribution >= 4 is 5.82 Å². The number of anilines is 1. The third kappa shape index (κ3) is 4.20. The molecule has 1 aromatic heterocycles. The van der Waals surface area contributed by atoms with Gasteiger partial charge in [0.1, 0.15) is 5.82 Å². The lowest BCUT2D eigenvalue weighted by Crippen LogP contribution is -2.31. The van der Waals surface area contributed by atoms with Crippen LogP contribution in [0.15, 0.2) is 18.3 Å². The number of aromatic nitrogens is 1. The second-order valence-corrected chi connectivity index (χ2v) is 6.19. The highest BCUT2D eigenvalue weighted by Gasteiger charge is 2.20. The van der Waals surface area contributed by atoms with E-state index in [4.69, 9.17) is 0 Å². The van der Waals surface area contributed by atoms with Gasteiger partial charge in [-0.25, -0.2) is 4.98 Å². The number of pyridine rings is 1. The molecule has 0 bridgehead atoms. The molecule has 2 rings (SSSR count). The zero-order valence-corrected chi connectivity index (χ0v) is 12.5. The van der Waals surface area contributed by atoms with Crippen molar-refractivity contribution in [3.63, 3.8) is 0 Å². The minimum Gasteiger partial charge on any atom is -0.359 e. The highest BCUT2D eigenvalue weighted by Crippen LogP contribution is 2.28. The first-order valence-electron chi connectivity index (χ1n) is 7.52. The van der Waals surface area contributed by atoms with E-state index in [1.807, 2.05) is 12.3 Å². The molecule has 1 fully saturated rings. The Hall–Kier alpha value is -1.09. The van der Waals surface area contributed by atoms with E-state index in [0.29, 0.717) is 5.92 Å². The first-order valence-corrected chi connectivity index (χ1v) is 7.52. The molecular weight excluding hydrogens is 234 g/mol. The molecule has 0 aromatic carbocycles. The van der Waals surface area contributed by atoms with Crippen LogP contribution in [0.25, 0.3) is 0 Å². The van der Waals surface area contributed by atoms with Crippen LogP contribution in [0.5, 0.6) is 0 Å². The highest BCUT2D eigenvalue weighted by atomic mass is 15.2. The second kappa shape index (κ2) is 6.90. The molecule has 0 saturated heterocycles. The standard InChI is InChI=1S/C16H27N3/c1-13(2)10-17-11-15-8-5-9-18-16(15)19(3)12-14-6-4-7-14/h5,8-9,13-14,17H,4,6-7,10-12H2,1-3H3. The van der Waals surface area contributed by atoms with Crippen molar-refractivity contribution in [2.45, 2.75) is 39.7 Å². The summed E-state index contributed by atoms with van der Waals surface area (Å²) in [7, 11) is 2.17. The summed E-state index contributed by atoms with van der Waals surface area (Å²) < 4.78 is 0. The first kappa shape index (κ1) is 14.3. The molecule has 1 aliphatic carbocycles. The second-order valence-electron chi connectivity index (χ2n) is 6.19. The molecule has 0 atom stereocenters. The fraction of sp³-hybridized carbons (Fsp3) is 0.688. The molecular formula is C16H27N3. The van der Waals surface area contributed by atoms with Crippen molar-refractivity contribution in [1.29, 1.82) is 0 Å². The van der Waals surface area contributed by atoms with Crippen LogP contribution in [0.4, 0.5) is 5.82 Å². The third-order valence-electron chi connectivity index (χ3n) is 3.85. The Morgan fingerprint density at radius 3 is 2.84 bits per heavy atom. The average Bonchev–Trinajstić information content (AvgIpc) is 2.34. The summed E-state index contributed by atoms with van der Waals surface area (Å²) in [5.41, 5.74) is 1.31. The number of nitrogens with zero attached hydrogens (tertiary/aromatic N) is 2. The minimum absolute atomic E-state index is 0.688. The molecule has 1 N–H and O–H groups in total. The Bertz CT molecular complexity index is 385. The smallest absolute Gasteiger partial charge is 0.132 e. The van der Waals surface area contributed by atoms with Crippen molar-refractivity contribution in [2.75, 3.05) is 25.0 Å². The van der Waals surface area contributed by atoms with Gasteiger partial charge in [0.05, 0.1) is 0 Å². The van der Waals surface area contributed by atoms with E-state index in [1.54, 1.807) is 0 Å². The van der Waals surface area contributed by atoms with Gasteiger partial charge in [-0.15, -0.1) is 0 Å². The Balaban J connectivity index is 1.94. The third-order valence-corrected chi connectivity index (χ3v) is 3.85. The first-order chi connectivity index (χ1) is 9.16. The molecule has 3 nitrogen and oxygen atoms in total. The van der Waals surface area contributed by atoms with Crippen molar-refractivity contribution < 1.29 is 0 Å². The maximum Gasteiger partial charge on any atom is 0.132 e. The molecule has 0 unspecified atom stereocenters. The van der Waals surface area contributed by atoms with Gasteiger partial charge >= 0.3 is 0 Å². The van der Waals surface area contributed by atoms with Crippen molar-refractivity contribution in [2.24, 2.45) is 11.8 Å². The number of hydrogen-bond acceptors (Lipinski definition) is 3. The van der Waals surface area contributed by atoms with Crippen LogP contribution >= 0.6 is 0 Å². The maximum atomic E-state index is 4.57. The molecule has 1 saturated carbocycles. The van der Waals surface area contributed by atoms with Gasteiger partial charge in [0, 0.05) is 31.9 Å². The van der Waals surface area contributed by atoms with Gasteiger partial charge in [0.15, 0.2) is 0 Å². The Morgan fingerprint density at radius 1 is 1.42 bits per heavy atom. The number of rotatable bonds is 7. The molecule has 1 aliphatic rings. The van der Waals surface area contributed by atoms with Crippen LogP contribution in [-0.4, -0.2) is 25.1 Å². The van der Waals surface area contributed by atoms with E-state index in [1.165, 1.54) is 24.8 Å². The van der Waals surface area contributed by atoms with E-state index >= 15 is 0 Å². The van der Waals surface area contributed by atoms with Gasteiger partial charge in [-0.3, -0.25) is 0 Å². The normalized spacial score (nSPS) is 15.6. The van der Waals surface area contributed by atoms with Crippen LogP contribution in [0, 0.1) is 11.8 Å². The Labute approximate surface area is 117 Å². The molecule has 106 valence electrons. The summed E-state index contributed by atoms with van der Waals surface area (Å²) in [6.07, 6.45) is 6.08. The van der Waals surface area contributed by atoms with E-state index in [0.717, 1.165) is 31.4 Å². The maximum absolute atomic E-state index is 4.57. The zero-order chi connectivity index (χ0) is 13.7. The monoisotopic (exact) mass is 261 g/mol. The molecule has 3 heteroatoms. The van der Waals surface area contributed by atoms with E-state index in [2.05, 4.69) is 42.2 Å². The Kier molecular flexibility index (Phi) is 5.20. The molecule has 0 amide bonds. The predicted octanol–water partition coefficient (Wildman–Crippen LogP) is 3.06. The predicted molar refractivity (Wildman–Crippen MR) is 81.4 cm³/mol. The fourth-order valence-electron chi connectivity index (χ4n) is 2.56. The van der Waals surface area contributed by atoms with Gasteiger partial charge in [-0.05, 0) is 37.3 Å². The van der Waals surface area contributed by atoms with E-state index in [9.17, 15) is 0 Å². The summed E-state index contributed by atoms with van der Waals surface area (Å²) in [5, 5.41) is 3.51. The van der Waals surface area contributed by atoms with Crippen molar-refractivity contribution in [3.8, 4) is 0 Å². The summed E-state index contributed by atoms with van der Waals surface area (Å²) >= 11 is 0. The van der Waals surface area contributed by atoms with Gasteiger partial charge in [-0.2, -0.15) is 0 Å². The quantitative estimate of drug-likeness (QED) is 0.817. The SMILES string of the molecule is CC(C)CNCc1cccnc1N(C)CC1CCC1. The lowest BCUT2D eigenvalue weighted by molar-refractivity contribution is 0.321. The summed E-state index contributed by atoms with van der Waals surface area (Å²) in [6.45, 7) is 7.59. The van der Waals surface area contributed by atoms with Crippen molar-refractivity contribution in [1.82, 2.24) is 10.3 Å². The number of hydrogen-bond donors (Lipinski definition) is 1. The van der Waals surface area contributed by atoms with Crippen LogP contribution in [-0.2, 0) is 6.54 Å². The van der Waals surface area contributed by atoms with Gasteiger partial charge in [0.2, 0.25) is 0 Å². The topological polar surface area (TPSA) is 28.2 Å². The van der Waals surface area contributed by atoms with Gasteiger partial charge in [0.25, 0.3) is 0 Å². The molecule has 1 heterocycles. The molecule has 1 aromatic rings. The summed E-state index contributed by atoms with van der Waals surface area (Å²) in [6, 6.07) is 4.22. The fourth-order valence-corrected chi connectivity index (χ4v) is 2.56. The van der Waals surface area contributed by atoms with E-state index in [-0.39, 0.29) is 0 Å². The average molecular weight is 261 g/mol. The number of nitrogens with one attached hydrogen (secondary N) is 1. The highest BCUT2D eigenvalue weighted by molar-refractivity contribution is 5.46. The molecule has 0 spiro atoms. The minimum atomic E-state index is 0.688. The van der Waals surface area contributed by atoms with Gasteiger partial charge in [-0.1, -0.05) is 26.3 Å². The van der Waals surface area contributed by atoms with E-state index < -0.39 is 0 Å². The lowest BCUT2D eigenvalue weighted by atomic mass is 9.85. The lowest BCUT2D eigenvalue weighted by Gasteiger charge is -2.31.